The Balaban J connectivity index is 2.25. The molecule has 0 spiro atoms. The van der Waals surface area contributed by atoms with E-state index >= 15 is 0 Å². The summed E-state index contributed by atoms with van der Waals surface area (Å²) >= 11 is 0. The molecular weight excluding hydrogens is 281 g/mol. The molecule has 1 aliphatic heterocycles. The standard InChI is InChI=1S/C14H16FNO3S/c1-11-8-16(20(18,19)10-11)9-13-7-12(3-2-6-17)4-5-14(13)15/h4-5,7,11,17H,6,8-10H2,1H3. The molecule has 6 heteroatoms. The van der Waals surface area contributed by atoms with Crippen molar-refractivity contribution in [2.24, 2.45) is 5.92 Å². The van der Waals surface area contributed by atoms with Crippen molar-refractivity contribution in [3.63, 3.8) is 0 Å². The van der Waals surface area contributed by atoms with E-state index in [9.17, 15) is 12.8 Å². The van der Waals surface area contributed by atoms with Crippen molar-refractivity contribution in [3.05, 3.63) is 35.1 Å². The van der Waals surface area contributed by atoms with Crippen LogP contribution >= 0.6 is 0 Å². The van der Waals surface area contributed by atoms with Gasteiger partial charge in [0.1, 0.15) is 12.4 Å². The minimum Gasteiger partial charge on any atom is -0.384 e. The summed E-state index contributed by atoms with van der Waals surface area (Å²) < 4.78 is 38.9. The van der Waals surface area contributed by atoms with Crippen molar-refractivity contribution in [1.82, 2.24) is 4.31 Å². The van der Waals surface area contributed by atoms with Crippen LogP contribution in [0.5, 0.6) is 0 Å². The molecule has 4 nitrogen and oxygen atoms in total. The second-order valence-corrected chi connectivity index (χ2v) is 6.96. The Morgan fingerprint density at radius 3 is 2.85 bits per heavy atom. The summed E-state index contributed by atoms with van der Waals surface area (Å²) in [5.74, 6) is 4.88. The van der Waals surface area contributed by atoms with Gasteiger partial charge >= 0.3 is 0 Å². The van der Waals surface area contributed by atoms with Gasteiger partial charge in [0.05, 0.1) is 5.75 Å². The van der Waals surface area contributed by atoms with E-state index in [0.29, 0.717) is 17.7 Å². The minimum absolute atomic E-state index is 0.0210. The van der Waals surface area contributed by atoms with Gasteiger partial charge in [0.2, 0.25) is 10.0 Å². The number of aliphatic hydroxyl groups is 1. The molecule has 1 heterocycles. The Morgan fingerprint density at radius 1 is 1.50 bits per heavy atom. The number of sulfonamides is 1. The molecule has 0 bridgehead atoms. The minimum atomic E-state index is -3.29. The van der Waals surface area contributed by atoms with Crippen molar-refractivity contribution >= 4 is 10.0 Å². The summed E-state index contributed by atoms with van der Waals surface area (Å²) in [7, 11) is -3.29. The summed E-state index contributed by atoms with van der Waals surface area (Å²) in [6.45, 7) is 2.02. The van der Waals surface area contributed by atoms with Gasteiger partial charge in [-0.2, -0.15) is 4.31 Å². The summed E-state index contributed by atoms with van der Waals surface area (Å²) in [6, 6.07) is 4.29. The first kappa shape index (κ1) is 15.0. The zero-order chi connectivity index (χ0) is 14.8. The second kappa shape index (κ2) is 5.92. The topological polar surface area (TPSA) is 57.6 Å². The maximum atomic E-state index is 13.8. The van der Waals surface area contributed by atoms with Gasteiger partial charge < -0.3 is 5.11 Å². The Morgan fingerprint density at radius 2 is 2.25 bits per heavy atom. The highest BCUT2D eigenvalue weighted by molar-refractivity contribution is 7.89. The predicted molar refractivity (Wildman–Crippen MR) is 73.7 cm³/mol. The number of aliphatic hydroxyl groups excluding tert-OH is 1. The molecule has 1 fully saturated rings. The molecule has 108 valence electrons. The molecular formula is C14H16FNO3S. The summed E-state index contributed by atoms with van der Waals surface area (Å²) in [5, 5.41) is 8.64. The first-order valence-corrected chi connectivity index (χ1v) is 7.89. The largest absolute Gasteiger partial charge is 0.384 e. The summed E-state index contributed by atoms with van der Waals surface area (Å²) in [6.07, 6.45) is 0. The number of hydrogen-bond donors (Lipinski definition) is 1. The SMILES string of the molecule is CC1CN(Cc2cc(C#CCO)ccc2F)S(=O)(=O)C1. The van der Waals surface area contributed by atoms with E-state index in [1.54, 1.807) is 0 Å². The second-order valence-electron chi connectivity index (χ2n) is 4.94. The molecule has 1 aliphatic rings. The van der Waals surface area contributed by atoms with Crippen LogP contribution in [0.4, 0.5) is 4.39 Å². The molecule has 1 N–H and O–H groups in total. The zero-order valence-electron chi connectivity index (χ0n) is 11.1. The van der Waals surface area contributed by atoms with Gasteiger partial charge in [-0.15, -0.1) is 0 Å². The lowest BCUT2D eigenvalue weighted by atomic mass is 10.1. The van der Waals surface area contributed by atoms with Gasteiger partial charge in [-0.05, 0) is 24.1 Å². The fourth-order valence-electron chi connectivity index (χ4n) is 2.25. The van der Waals surface area contributed by atoms with Crippen molar-refractivity contribution in [3.8, 4) is 11.8 Å². The van der Waals surface area contributed by atoms with E-state index in [2.05, 4.69) is 11.8 Å². The molecule has 1 saturated heterocycles. The lowest BCUT2D eigenvalue weighted by Gasteiger charge is -2.15. The van der Waals surface area contributed by atoms with Gasteiger partial charge in [-0.3, -0.25) is 0 Å². The fourth-order valence-corrected chi connectivity index (χ4v) is 4.10. The van der Waals surface area contributed by atoms with Crippen LogP contribution in [0.1, 0.15) is 18.1 Å². The van der Waals surface area contributed by atoms with Gasteiger partial charge in [0, 0.05) is 24.2 Å². The number of benzene rings is 1. The molecule has 1 aromatic rings. The highest BCUT2D eigenvalue weighted by Crippen LogP contribution is 2.23. The fraction of sp³-hybridized carbons (Fsp3) is 0.429. The van der Waals surface area contributed by atoms with E-state index in [1.807, 2.05) is 6.92 Å². The first-order chi connectivity index (χ1) is 9.42. The zero-order valence-corrected chi connectivity index (χ0v) is 12.0. The molecule has 0 aliphatic carbocycles. The molecule has 1 unspecified atom stereocenters. The van der Waals surface area contributed by atoms with Gasteiger partial charge in [-0.25, -0.2) is 12.8 Å². The van der Waals surface area contributed by atoms with E-state index in [4.69, 9.17) is 5.11 Å². The van der Waals surface area contributed by atoms with Crippen LogP contribution in [0.15, 0.2) is 18.2 Å². The predicted octanol–water partition coefficient (Wildman–Crippen LogP) is 0.951. The molecule has 0 aromatic heterocycles. The Labute approximate surface area is 118 Å². The van der Waals surface area contributed by atoms with E-state index in [0.717, 1.165) is 0 Å². The lowest BCUT2D eigenvalue weighted by Crippen LogP contribution is -2.25. The van der Waals surface area contributed by atoms with Gasteiger partial charge in [-0.1, -0.05) is 18.8 Å². The van der Waals surface area contributed by atoms with Crippen molar-refractivity contribution in [1.29, 1.82) is 0 Å². The third-order valence-electron chi connectivity index (χ3n) is 3.11. The van der Waals surface area contributed by atoms with Crippen LogP contribution in [-0.2, 0) is 16.6 Å². The van der Waals surface area contributed by atoms with Gasteiger partial charge in [0.15, 0.2) is 0 Å². The van der Waals surface area contributed by atoms with E-state index in [-0.39, 0.29) is 24.8 Å². The van der Waals surface area contributed by atoms with Crippen LogP contribution in [-0.4, -0.2) is 36.7 Å². The third-order valence-corrected chi connectivity index (χ3v) is 5.16. The molecule has 0 radical (unpaired) electrons. The molecule has 20 heavy (non-hydrogen) atoms. The quantitative estimate of drug-likeness (QED) is 0.827. The van der Waals surface area contributed by atoms with Crippen molar-refractivity contribution in [2.75, 3.05) is 18.9 Å². The average molecular weight is 297 g/mol. The van der Waals surface area contributed by atoms with E-state index in [1.165, 1.54) is 22.5 Å². The molecule has 1 atom stereocenters. The number of hydrogen-bond acceptors (Lipinski definition) is 3. The number of halogens is 1. The van der Waals surface area contributed by atoms with Crippen molar-refractivity contribution in [2.45, 2.75) is 13.5 Å². The Kier molecular flexibility index (Phi) is 4.43. The normalized spacial score (nSPS) is 21.4. The Hall–Kier alpha value is -1.42. The molecule has 1 aromatic carbocycles. The van der Waals surface area contributed by atoms with Gasteiger partial charge in [0.25, 0.3) is 0 Å². The van der Waals surface area contributed by atoms with Crippen LogP contribution in [0.25, 0.3) is 0 Å². The van der Waals surface area contributed by atoms with E-state index < -0.39 is 15.8 Å². The third kappa shape index (κ3) is 3.37. The average Bonchev–Trinajstić information content (AvgIpc) is 2.63. The summed E-state index contributed by atoms with van der Waals surface area (Å²) in [4.78, 5) is 0. The maximum Gasteiger partial charge on any atom is 0.214 e. The highest BCUT2D eigenvalue weighted by Gasteiger charge is 2.33. The maximum absolute atomic E-state index is 13.8. The number of nitrogens with zero attached hydrogens (tertiary/aromatic N) is 1. The van der Waals surface area contributed by atoms with Crippen LogP contribution in [0.3, 0.4) is 0 Å². The smallest absolute Gasteiger partial charge is 0.214 e. The Bertz CT molecular complexity index is 661. The highest BCUT2D eigenvalue weighted by atomic mass is 32.2. The first-order valence-electron chi connectivity index (χ1n) is 6.28. The van der Waals surface area contributed by atoms with Crippen LogP contribution in [0.2, 0.25) is 0 Å². The van der Waals surface area contributed by atoms with Crippen molar-refractivity contribution < 1.29 is 17.9 Å². The molecule has 0 amide bonds. The van der Waals surface area contributed by atoms with Crippen LogP contribution < -0.4 is 0 Å². The lowest BCUT2D eigenvalue weighted by molar-refractivity contribution is 0.350. The van der Waals surface area contributed by atoms with Crippen LogP contribution in [0, 0.1) is 23.6 Å². The summed E-state index contributed by atoms with van der Waals surface area (Å²) in [5.41, 5.74) is 0.854. The molecule has 0 saturated carbocycles. The molecule has 2 rings (SSSR count). The number of rotatable bonds is 2. The monoisotopic (exact) mass is 297 g/mol.